The van der Waals surface area contributed by atoms with Crippen LogP contribution in [0.25, 0.3) is 10.8 Å². The van der Waals surface area contributed by atoms with E-state index in [1.165, 1.54) is 24.3 Å². The highest BCUT2D eigenvalue weighted by atomic mass is 32.1. The van der Waals surface area contributed by atoms with Gasteiger partial charge in [0.15, 0.2) is 16.7 Å². The number of anilines is 1. The van der Waals surface area contributed by atoms with Gasteiger partial charge in [0, 0.05) is 18.7 Å². The van der Waals surface area contributed by atoms with Gasteiger partial charge in [-0.25, -0.2) is 9.18 Å². The van der Waals surface area contributed by atoms with Crippen LogP contribution in [0, 0.1) is 5.82 Å². The van der Waals surface area contributed by atoms with Gasteiger partial charge in [-0.05, 0) is 42.7 Å². The van der Waals surface area contributed by atoms with Crippen molar-refractivity contribution in [1.82, 2.24) is 29.0 Å². The topological polar surface area (TPSA) is 126 Å². The van der Waals surface area contributed by atoms with Crippen molar-refractivity contribution in [2.75, 3.05) is 11.9 Å². The molecule has 0 saturated heterocycles. The largest absolute Gasteiger partial charge is 0.465 e. The molecular formula is C16H14FN7O3S. The first-order valence-electron chi connectivity index (χ1n) is 8.27. The van der Waals surface area contributed by atoms with Crippen LogP contribution in [0.1, 0.15) is 29.1 Å². The van der Waals surface area contributed by atoms with Crippen molar-refractivity contribution >= 4 is 29.5 Å². The number of hydrogen-bond acceptors (Lipinski definition) is 7. The highest BCUT2D eigenvalue weighted by Crippen LogP contribution is 2.30. The van der Waals surface area contributed by atoms with Crippen molar-refractivity contribution in [1.29, 1.82) is 0 Å². The Bertz CT molecular complexity index is 1050. The molecule has 1 aliphatic heterocycles. The van der Waals surface area contributed by atoms with Crippen LogP contribution >= 0.6 is 11.5 Å². The quantitative estimate of drug-likeness (QED) is 0.687. The second-order valence-electron chi connectivity index (χ2n) is 6.07. The van der Waals surface area contributed by atoms with E-state index in [-0.39, 0.29) is 17.9 Å². The van der Waals surface area contributed by atoms with Crippen LogP contribution in [0.3, 0.4) is 0 Å². The number of fused-ring (bicyclic) bond motifs is 1. The number of nitrogens with one attached hydrogen (secondary N) is 1. The molecule has 0 bridgehead atoms. The molecule has 28 heavy (non-hydrogen) atoms. The van der Waals surface area contributed by atoms with E-state index in [1.54, 1.807) is 4.90 Å². The summed E-state index contributed by atoms with van der Waals surface area (Å²) in [6, 6.07) is 5.05. The third-order valence-corrected chi connectivity index (χ3v) is 5.08. The second-order valence-corrected chi connectivity index (χ2v) is 6.82. The Hall–Kier alpha value is -3.41. The van der Waals surface area contributed by atoms with Crippen molar-refractivity contribution in [3.05, 3.63) is 41.5 Å². The van der Waals surface area contributed by atoms with Gasteiger partial charge in [-0.15, -0.1) is 10.2 Å². The summed E-state index contributed by atoms with van der Waals surface area (Å²) >= 11 is 1.00. The molecule has 2 amide bonds. The summed E-state index contributed by atoms with van der Waals surface area (Å²) in [5.74, 6) is 0.404. The first kappa shape index (κ1) is 18.0. The van der Waals surface area contributed by atoms with Crippen LogP contribution < -0.4 is 5.32 Å². The average Bonchev–Trinajstić information content (AvgIpc) is 3.28. The molecule has 0 fully saturated rings. The number of benzene rings is 1. The Morgan fingerprint density at radius 2 is 2.00 bits per heavy atom. The third-order valence-electron chi connectivity index (χ3n) is 4.37. The molecule has 3 heterocycles. The SMILES string of the molecule is C[C@@H]1c2nnc(-c3nc(NC(=O)O)ns3)n2CCN1C(=O)c1ccc(F)cc1. The van der Waals surface area contributed by atoms with Crippen LogP contribution in [-0.2, 0) is 6.54 Å². The summed E-state index contributed by atoms with van der Waals surface area (Å²) in [4.78, 5) is 29.2. The number of carbonyl (C=O) groups is 2. The van der Waals surface area contributed by atoms with E-state index in [9.17, 15) is 14.0 Å². The van der Waals surface area contributed by atoms with Gasteiger partial charge in [-0.2, -0.15) is 9.36 Å². The Kier molecular flexibility index (Phi) is 4.47. The second kappa shape index (κ2) is 6.96. The molecule has 0 unspecified atom stereocenters. The summed E-state index contributed by atoms with van der Waals surface area (Å²) in [7, 11) is 0. The molecular weight excluding hydrogens is 389 g/mol. The van der Waals surface area contributed by atoms with Crippen molar-refractivity contribution in [3.8, 4) is 10.8 Å². The van der Waals surface area contributed by atoms with Crippen molar-refractivity contribution in [2.24, 2.45) is 0 Å². The zero-order valence-electron chi connectivity index (χ0n) is 14.5. The Morgan fingerprint density at radius 3 is 2.71 bits per heavy atom. The highest BCUT2D eigenvalue weighted by molar-refractivity contribution is 7.09. The van der Waals surface area contributed by atoms with E-state index in [4.69, 9.17) is 5.11 Å². The Balaban J connectivity index is 1.59. The molecule has 10 nitrogen and oxygen atoms in total. The zero-order valence-corrected chi connectivity index (χ0v) is 15.4. The molecule has 0 spiro atoms. The minimum Gasteiger partial charge on any atom is -0.465 e. The number of aromatic nitrogens is 5. The summed E-state index contributed by atoms with van der Waals surface area (Å²) < 4.78 is 18.9. The van der Waals surface area contributed by atoms with Crippen molar-refractivity contribution in [2.45, 2.75) is 19.5 Å². The van der Waals surface area contributed by atoms with Gasteiger partial charge in [0.05, 0.1) is 6.04 Å². The molecule has 1 aromatic carbocycles. The number of hydrogen-bond donors (Lipinski definition) is 2. The van der Waals surface area contributed by atoms with E-state index in [2.05, 4.69) is 24.9 Å². The molecule has 0 radical (unpaired) electrons. The summed E-state index contributed by atoms with van der Waals surface area (Å²) in [5, 5.41) is 19.6. The molecule has 2 N–H and O–H groups in total. The molecule has 12 heteroatoms. The van der Waals surface area contributed by atoms with Crippen molar-refractivity contribution < 1.29 is 19.1 Å². The van der Waals surface area contributed by atoms with E-state index in [0.717, 1.165) is 11.5 Å². The number of amides is 2. The fourth-order valence-corrected chi connectivity index (χ4v) is 3.66. The van der Waals surface area contributed by atoms with Crippen molar-refractivity contribution in [3.63, 3.8) is 0 Å². The fraction of sp³-hybridized carbons (Fsp3) is 0.250. The average molecular weight is 403 g/mol. The van der Waals surface area contributed by atoms with Gasteiger partial charge < -0.3 is 14.6 Å². The first-order chi connectivity index (χ1) is 13.4. The van der Waals surface area contributed by atoms with Crippen LogP contribution in [0.4, 0.5) is 15.1 Å². The lowest BCUT2D eigenvalue weighted by atomic mass is 10.1. The number of carbonyl (C=O) groups excluding carboxylic acids is 1. The Labute approximate surface area is 161 Å². The molecule has 0 aliphatic carbocycles. The monoisotopic (exact) mass is 403 g/mol. The van der Waals surface area contributed by atoms with Crippen LogP contribution in [0.15, 0.2) is 24.3 Å². The lowest BCUT2D eigenvalue weighted by molar-refractivity contribution is 0.0638. The molecule has 1 atom stereocenters. The lowest BCUT2D eigenvalue weighted by Crippen LogP contribution is -2.41. The molecule has 0 saturated carbocycles. The number of rotatable bonds is 3. The normalized spacial score (nSPS) is 15.9. The predicted octanol–water partition coefficient (Wildman–Crippen LogP) is 2.24. The first-order valence-corrected chi connectivity index (χ1v) is 9.05. The highest BCUT2D eigenvalue weighted by Gasteiger charge is 2.32. The van der Waals surface area contributed by atoms with Gasteiger partial charge >= 0.3 is 6.09 Å². The molecule has 2 aromatic heterocycles. The Morgan fingerprint density at radius 1 is 1.25 bits per heavy atom. The van der Waals surface area contributed by atoms with Gasteiger partial charge in [-0.1, -0.05) is 0 Å². The minimum atomic E-state index is -1.25. The molecule has 144 valence electrons. The summed E-state index contributed by atoms with van der Waals surface area (Å²) in [5.41, 5.74) is 0.398. The molecule has 3 aromatic rings. The molecule has 4 rings (SSSR count). The fourth-order valence-electron chi connectivity index (χ4n) is 3.04. The molecule has 1 aliphatic rings. The van der Waals surface area contributed by atoms with Gasteiger partial charge in [0.2, 0.25) is 5.95 Å². The van der Waals surface area contributed by atoms with Gasteiger partial charge in [0.25, 0.3) is 5.91 Å². The number of carboxylic acid groups (broad SMARTS) is 1. The minimum absolute atomic E-state index is 0.0261. The lowest BCUT2D eigenvalue weighted by Gasteiger charge is -2.33. The van der Waals surface area contributed by atoms with Crippen LogP contribution in [-0.4, -0.2) is 52.7 Å². The zero-order chi connectivity index (χ0) is 19.8. The number of nitrogens with zero attached hydrogens (tertiary/aromatic N) is 6. The third kappa shape index (κ3) is 3.17. The van der Waals surface area contributed by atoms with Crippen LogP contribution in [0.2, 0.25) is 0 Å². The van der Waals surface area contributed by atoms with E-state index in [0.29, 0.717) is 35.3 Å². The van der Waals surface area contributed by atoms with E-state index >= 15 is 0 Å². The summed E-state index contributed by atoms with van der Waals surface area (Å²) in [6.07, 6.45) is -1.25. The van der Waals surface area contributed by atoms with Gasteiger partial charge in [0.1, 0.15) is 5.82 Å². The maximum Gasteiger partial charge on any atom is 0.411 e. The smallest absolute Gasteiger partial charge is 0.411 e. The maximum absolute atomic E-state index is 13.1. The van der Waals surface area contributed by atoms with E-state index < -0.39 is 11.9 Å². The van der Waals surface area contributed by atoms with E-state index in [1.807, 2.05) is 11.5 Å². The maximum atomic E-state index is 13.1. The predicted molar refractivity (Wildman–Crippen MR) is 96.4 cm³/mol. The number of halogens is 1. The van der Waals surface area contributed by atoms with Gasteiger partial charge in [-0.3, -0.25) is 10.1 Å². The summed E-state index contributed by atoms with van der Waals surface area (Å²) in [6.45, 7) is 2.69. The van der Waals surface area contributed by atoms with Crippen LogP contribution in [0.5, 0.6) is 0 Å². The standard InChI is InChI=1S/C16H14FN7O3S/c1-8-11-20-21-12(13-18-15(22-28-13)19-16(26)27)24(11)7-6-23(8)14(25)9-2-4-10(17)5-3-9/h2-5,8H,6-7H2,1H3,(H,19,22)(H,26,27)/t8-/m1/s1.